The van der Waals surface area contributed by atoms with Gasteiger partial charge < -0.3 is 4.42 Å². The minimum Gasteiger partial charge on any atom is -0.411 e. The second-order valence-corrected chi connectivity index (χ2v) is 6.61. The number of hydrogen-bond acceptors (Lipinski definition) is 4. The van der Waals surface area contributed by atoms with Gasteiger partial charge in [0.05, 0.1) is 5.25 Å². The van der Waals surface area contributed by atoms with E-state index in [1.165, 1.54) is 11.1 Å². The quantitative estimate of drug-likeness (QED) is 0.441. The molecule has 0 saturated heterocycles. The summed E-state index contributed by atoms with van der Waals surface area (Å²) in [5.41, 5.74) is 3.34. The molecule has 3 aromatic carbocycles. The van der Waals surface area contributed by atoms with Gasteiger partial charge in [-0.2, -0.15) is 0 Å². The van der Waals surface area contributed by atoms with Crippen molar-refractivity contribution in [2.24, 2.45) is 0 Å². The van der Waals surface area contributed by atoms with Gasteiger partial charge in [0, 0.05) is 5.56 Å². The highest BCUT2D eigenvalue weighted by molar-refractivity contribution is 7.99. The smallest absolute Gasteiger partial charge is 0.277 e. The Morgan fingerprint density at radius 3 is 1.72 bits per heavy atom. The van der Waals surface area contributed by atoms with Gasteiger partial charge in [0.25, 0.3) is 5.22 Å². The first kappa shape index (κ1) is 15.7. The van der Waals surface area contributed by atoms with E-state index in [0.29, 0.717) is 11.1 Å². The van der Waals surface area contributed by atoms with Crippen LogP contribution in [0, 0.1) is 0 Å². The molecule has 1 heterocycles. The Labute approximate surface area is 150 Å². The van der Waals surface area contributed by atoms with Crippen LogP contribution in [0.15, 0.2) is 101 Å². The van der Waals surface area contributed by atoms with Crippen LogP contribution < -0.4 is 0 Å². The Bertz CT molecular complexity index is 884. The van der Waals surface area contributed by atoms with Gasteiger partial charge in [0.1, 0.15) is 0 Å². The largest absolute Gasteiger partial charge is 0.411 e. The van der Waals surface area contributed by atoms with Gasteiger partial charge in [-0.1, -0.05) is 90.6 Å². The Balaban J connectivity index is 1.65. The van der Waals surface area contributed by atoms with Crippen LogP contribution in [-0.4, -0.2) is 10.2 Å². The average molecular weight is 344 g/mol. The van der Waals surface area contributed by atoms with Crippen molar-refractivity contribution in [3.63, 3.8) is 0 Å². The van der Waals surface area contributed by atoms with E-state index in [2.05, 4.69) is 58.7 Å². The summed E-state index contributed by atoms with van der Waals surface area (Å²) in [6.07, 6.45) is 0. The summed E-state index contributed by atoms with van der Waals surface area (Å²) in [5, 5.41) is 9.09. The summed E-state index contributed by atoms with van der Waals surface area (Å²) in [7, 11) is 0. The SMILES string of the molecule is c1ccc(-c2nnc(SC(c3ccccc3)c3ccccc3)o2)cc1. The maximum absolute atomic E-state index is 5.88. The molecule has 0 N–H and O–H groups in total. The highest BCUT2D eigenvalue weighted by atomic mass is 32.2. The molecule has 4 heteroatoms. The van der Waals surface area contributed by atoms with E-state index in [9.17, 15) is 0 Å². The second-order valence-electron chi connectivity index (χ2n) is 5.56. The molecule has 0 saturated carbocycles. The molecule has 0 amide bonds. The fourth-order valence-electron chi connectivity index (χ4n) is 2.64. The lowest BCUT2D eigenvalue weighted by molar-refractivity contribution is 0.465. The third-order valence-electron chi connectivity index (χ3n) is 3.85. The molecule has 0 radical (unpaired) electrons. The molecule has 25 heavy (non-hydrogen) atoms. The van der Waals surface area contributed by atoms with Crippen LogP contribution in [0.3, 0.4) is 0 Å². The average Bonchev–Trinajstić information content (AvgIpc) is 3.17. The van der Waals surface area contributed by atoms with Crippen LogP contribution in [-0.2, 0) is 0 Å². The molecule has 0 atom stereocenters. The lowest BCUT2D eigenvalue weighted by Gasteiger charge is -2.15. The highest BCUT2D eigenvalue weighted by Gasteiger charge is 2.19. The number of aromatic nitrogens is 2. The predicted octanol–water partition coefficient (Wildman–Crippen LogP) is 5.62. The van der Waals surface area contributed by atoms with Crippen molar-refractivity contribution in [1.29, 1.82) is 0 Å². The van der Waals surface area contributed by atoms with Gasteiger partial charge in [-0.15, -0.1) is 10.2 Å². The third-order valence-corrected chi connectivity index (χ3v) is 5.00. The van der Waals surface area contributed by atoms with E-state index < -0.39 is 0 Å². The number of nitrogens with zero attached hydrogens (tertiary/aromatic N) is 2. The summed E-state index contributed by atoms with van der Waals surface area (Å²) in [4.78, 5) is 0. The minimum absolute atomic E-state index is 0.103. The second kappa shape index (κ2) is 7.36. The van der Waals surface area contributed by atoms with Crippen molar-refractivity contribution < 1.29 is 4.42 Å². The first-order chi connectivity index (χ1) is 12.4. The summed E-state index contributed by atoms with van der Waals surface area (Å²) in [5.74, 6) is 0.544. The summed E-state index contributed by atoms with van der Waals surface area (Å²) >= 11 is 1.57. The summed E-state index contributed by atoms with van der Waals surface area (Å²) in [6, 6.07) is 30.6. The molecule has 4 aromatic rings. The molecule has 0 fully saturated rings. The Morgan fingerprint density at radius 2 is 1.16 bits per heavy atom. The molecule has 0 aliphatic heterocycles. The predicted molar refractivity (Wildman–Crippen MR) is 100 cm³/mol. The van der Waals surface area contributed by atoms with Gasteiger partial charge in [-0.25, -0.2) is 0 Å². The Morgan fingerprint density at radius 1 is 0.640 bits per heavy atom. The standard InChI is InChI=1S/C21H16N2OS/c1-4-10-16(11-5-1)19(17-12-6-2-7-13-17)25-21-23-22-20(24-21)18-14-8-3-9-15-18/h1-15,19H. The van der Waals surface area contributed by atoms with Crippen LogP contribution in [0.4, 0.5) is 0 Å². The van der Waals surface area contributed by atoms with Crippen LogP contribution >= 0.6 is 11.8 Å². The van der Waals surface area contributed by atoms with Crippen LogP contribution in [0.2, 0.25) is 0 Å². The molecular weight excluding hydrogens is 328 g/mol. The molecule has 1 aromatic heterocycles. The van der Waals surface area contributed by atoms with Gasteiger partial charge in [0.2, 0.25) is 5.89 Å². The molecule has 3 nitrogen and oxygen atoms in total. The van der Waals surface area contributed by atoms with E-state index in [4.69, 9.17) is 4.42 Å². The Hall–Kier alpha value is -2.85. The van der Waals surface area contributed by atoms with Crippen molar-refractivity contribution in [1.82, 2.24) is 10.2 Å². The first-order valence-electron chi connectivity index (χ1n) is 8.05. The molecule has 0 bridgehead atoms. The fourth-order valence-corrected chi connectivity index (χ4v) is 3.64. The van der Waals surface area contributed by atoms with Crippen LogP contribution in [0.25, 0.3) is 11.5 Å². The monoisotopic (exact) mass is 344 g/mol. The summed E-state index contributed by atoms with van der Waals surface area (Å²) < 4.78 is 5.88. The number of thioether (sulfide) groups is 1. The number of hydrogen-bond donors (Lipinski definition) is 0. The van der Waals surface area contributed by atoms with E-state index in [1.807, 2.05) is 42.5 Å². The Kier molecular flexibility index (Phi) is 4.61. The van der Waals surface area contributed by atoms with Crippen molar-refractivity contribution in [3.05, 3.63) is 102 Å². The molecular formula is C21H16N2OS. The van der Waals surface area contributed by atoms with Gasteiger partial charge >= 0.3 is 0 Å². The first-order valence-corrected chi connectivity index (χ1v) is 8.93. The topological polar surface area (TPSA) is 38.9 Å². The van der Waals surface area contributed by atoms with Crippen molar-refractivity contribution in [2.75, 3.05) is 0 Å². The minimum atomic E-state index is 0.103. The molecule has 4 rings (SSSR count). The van der Waals surface area contributed by atoms with Crippen molar-refractivity contribution >= 4 is 11.8 Å². The van der Waals surface area contributed by atoms with Gasteiger partial charge in [-0.05, 0) is 23.3 Å². The zero-order chi connectivity index (χ0) is 16.9. The zero-order valence-corrected chi connectivity index (χ0v) is 14.3. The molecule has 0 spiro atoms. The fraction of sp³-hybridized carbons (Fsp3) is 0.0476. The van der Waals surface area contributed by atoms with E-state index in [0.717, 1.165) is 5.56 Å². The summed E-state index contributed by atoms with van der Waals surface area (Å²) in [6.45, 7) is 0. The number of rotatable bonds is 5. The van der Waals surface area contributed by atoms with Crippen molar-refractivity contribution in [3.8, 4) is 11.5 Å². The lowest BCUT2D eigenvalue weighted by Crippen LogP contribution is -1.96. The van der Waals surface area contributed by atoms with E-state index in [-0.39, 0.29) is 5.25 Å². The normalized spacial score (nSPS) is 10.9. The van der Waals surface area contributed by atoms with Crippen LogP contribution in [0.5, 0.6) is 0 Å². The third kappa shape index (κ3) is 3.64. The maximum atomic E-state index is 5.88. The van der Waals surface area contributed by atoms with E-state index >= 15 is 0 Å². The van der Waals surface area contributed by atoms with Crippen molar-refractivity contribution in [2.45, 2.75) is 10.5 Å². The van der Waals surface area contributed by atoms with Gasteiger partial charge in [0.15, 0.2) is 0 Å². The van der Waals surface area contributed by atoms with Crippen LogP contribution in [0.1, 0.15) is 16.4 Å². The maximum Gasteiger partial charge on any atom is 0.277 e. The highest BCUT2D eigenvalue weighted by Crippen LogP contribution is 2.40. The zero-order valence-electron chi connectivity index (χ0n) is 13.4. The molecule has 0 aliphatic rings. The lowest BCUT2D eigenvalue weighted by atomic mass is 10.0. The van der Waals surface area contributed by atoms with Gasteiger partial charge in [-0.3, -0.25) is 0 Å². The molecule has 0 aliphatic carbocycles. The van der Waals surface area contributed by atoms with E-state index in [1.54, 1.807) is 11.8 Å². The molecule has 0 unspecified atom stereocenters. The molecule has 122 valence electrons. The number of benzene rings is 3.